The fourth-order valence-corrected chi connectivity index (χ4v) is 1.57. The summed E-state index contributed by atoms with van der Waals surface area (Å²) in [7, 11) is 0. The fourth-order valence-electron chi connectivity index (χ4n) is 1.17. The molecule has 2 N–H and O–H groups in total. The molecule has 0 unspecified atom stereocenters. The molecule has 0 fully saturated rings. The molecule has 0 heterocycles. The lowest BCUT2D eigenvalue weighted by molar-refractivity contribution is 0.741. The van der Waals surface area contributed by atoms with Gasteiger partial charge in [0.25, 0.3) is 0 Å². The van der Waals surface area contributed by atoms with Gasteiger partial charge in [-0.25, -0.2) is 0 Å². The molecule has 3 heteroatoms. The average molecular weight is 230 g/mol. The first kappa shape index (κ1) is 13.6. The highest BCUT2D eigenvalue weighted by Crippen LogP contribution is 2.19. The molecular weight excluding hydrogens is 214 g/mol. The molecule has 0 saturated heterocycles. The number of hydrogen-bond acceptors (Lipinski definition) is 2. The monoisotopic (exact) mass is 229 g/mol. The van der Waals surface area contributed by atoms with Crippen LogP contribution < -0.4 is 5.73 Å². The van der Waals surface area contributed by atoms with Gasteiger partial charge in [-0.1, -0.05) is 18.2 Å². The molecule has 0 amide bonds. The zero-order valence-corrected chi connectivity index (χ0v) is 9.91. The largest absolute Gasteiger partial charge is 0.324 e. The van der Waals surface area contributed by atoms with Gasteiger partial charge in [-0.15, -0.1) is 30.7 Å². The van der Waals surface area contributed by atoms with Crippen LogP contribution in [0.4, 0.5) is 0 Å². The number of nitrogens with two attached hydrogens (primary N) is 1. The minimum absolute atomic E-state index is 0. The van der Waals surface area contributed by atoms with Crippen LogP contribution in [0, 0.1) is 0 Å². The Labute approximate surface area is 96.2 Å². The molecule has 0 aliphatic carbocycles. The molecule has 0 aliphatic heterocycles. The van der Waals surface area contributed by atoms with E-state index < -0.39 is 0 Å². The molecule has 14 heavy (non-hydrogen) atoms. The first-order valence-corrected chi connectivity index (χ1v) is 5.51. The van der Waals surface area contributed by atoms with Gasteiger partial charge < -0.3 is 5.73 Å². The van der Waals surface area contributed by atoms with Crippen molar-refractivity contribution in [1.29, 1.82) is 0 Å². The van der Waals surface area contributed by atoms with E-state index in [1.54, 1.807) is 11.8 Å². The summed E-state index contributed by atoms with van der Waals surface area (Å²) in [6.07, 6.45) is 4.75. The van der Waals surface area contributed by atoms with Gasteiger partial charge in [0.05, 0.1) is 0 Å². The molecule has 0 spiro atoms. The third kappa shape index (κ3) is 3.74. The molecule has 1 atom stereocenters. The van der Waals surface area contributed by atoms with Crippen molar-refractivity contribution in [3.8, 4) is 0 Å². The lowest BCUT2D eigenvalue weighted by atomic mass is 10.1. The SMILES string of the molecule is C=CC[C@@H](N)c1ccc(SC)cc1.Cl. The van der Waals surface area contributed by atoms with Crippen molar-refractivity contribution in [2.24, 2.45) is 5.73 Å². The molecule has 1 rings (SSSR count). The molecule has 1 nitrogen and oxygen atoms in total. The van der Waals surface area contributed by atoms with Crippen LogP contribution in [0.1, 0.15) is 18.0 Å². The van der Waals surface area contributed by atoms with E-state index in [2.05, 4.69) is 37.1 Å². The second-order valence-corrected chi connectivity index (χ2v) is 3.78. The summed E-state index contributed by atoms with van der Waals surface area (Å²) in [6, 6.07) is 8.46. The minimum Gasteiger partial charge on any atom is -0.324 e. The van der Waals surface area contributed by atoms with Crippen LogP contribution >= 0.6 is 24.2 Å². The maximum absolute atomic E-state index is 5.92. The topological polar surface area (TPSA) is 26.0 Å². The van der Waals surface area contributed by atoms with E-state index in [0.29, 0.717) is 0 Å². The van der Waals surface area contributed by atoms with Gasteiger partial charge in [-0.05, 0) is 30.4 Å². The van der Waals surface area contributed by atoms with Gasteiger partial charge in [0.15, 0.2) is 0 Å². The standard InChI is InChI=1S/C11H15NS.ClH/c1-3-4-11(12)9-5-7-10(13-2)8-6-9;/h3,5-8,11H,1,4,12H2,2H3;1H/t11-;/m1./s1. The van der Waals surface area contributed by atoms with E-state index in [4.69, 9.17) is 5.73 Å². The third-order valence-electron chi connectivity index (χ3n) is 1.96. The number of hydrogen-bond donors (Lipinski definition) is 1. The smallest absolute Gasteiger partial charge is 0.0329 e. The van der Waals surface area contributed by atoms with Crippen molar-refractivity contribution in [2.45, 2.75) is 17.4 Å². The second kappa shape index (κ2) is 6.93. The van der Waals surface area contributed by atoms with Gasteiger partial charge in [-0.2, -0.15) is 0 Å². The first-order chi connectivity index (χ1) is 6.27. The molecule has 1 aromatic rings. The Morgan fingerprint density at radius 1 is 1.43 bits per heavy atom. The Morgan fingerprint density at radius 2 is 2.00 bits per heavy atom. The minimum atomic E-state index is 0. The van der Waals surface area contributed by atoms with Crippen LogP contribution in [0.15, 0.2) is 41.8 Å². The lowest BCUT2D eigenvalue weighted by Crippen LogP contribution is -2.08. The zero-order chi connectivity index (χ0) is 9.68. The predicted molar refractivity (Wildman–Crippen MR) is 67.2 cm³/mol. The third-order valence-corrected chi connectivity index (χ3v) is 2.71. The Bertz CT molecular complexity index is 271. The van der Waals surface area contributed by atoms with Crippen LogP contribution in [0.3, 0.4) is 0 Å². The van der Waals surface area contributed by atoms with Gasteiger partial charge in [-0.3, -0.25) is 0 Å². The van der Waals surface area contributed by atoms with Crippen molar-refractivity contribution in [2.75, 3.05) is 6.26 Å². The van der Waals surface area contributed by atoms with Gasteiger partial charge in [0.1, 0.15) is 0 Å². The summed E-state index contributed by atoms with van der Waals surface area (Å²) in [5.74, 6) is 0. The maximum Gasteiger partial charge on any atom is 0.0329 e. The van der Waals surface area contributed by atoms with E-state index >= 15 is 0 Å². The number of rotatable bonds is 4. The predicted octanol–water partition coefficient (Wildman–Crippen LogP) is 3.41. The maximum atomic E-state index is 5.92. The molecule has 78 valence electrons. The molecular formula is C11H16ClNS. The zero-order valence-electron chi connectivity index (χ0n) is 8.27. The van der Waals surface area contributed by atoms with E-state index in [1.165, 1.54) is 10.5 Å². The van der Waals surface area contributed by atoms with E-state index in [0.717, 1.165) is 6.42 Å². The van der Waals surface area contributed by atoms with Crippen molar-refractivity contribution in [3.05, 3.63) is 42.5 Å². The highest BCUT2D eigenvalue weighted by molar-refractivity contribution is 7.98. The summed E-state index contributed by atoms with van der Waals surface area (Å²) < 4.78 is 0. The quantitative estimate of drug-likeness (QED) is 0.633. The Hall–Kier alpha value is -0.440. The van der Waals surface area contributed by atoms with Crippen LogP contribution in [-0.4, -0.2) is 6.26 Å². The van der Waals surface area contributed by atoms with Gasteiger partial charge in [0, 0.05) is 10.9 Å². The molecule has 0 aliphatic rings. The highest BCUT2D eigenvalue weighted by atomic mass is 35.5. The summed E-state index contributed by atoms with van der Waals surface area (Å²) >= 11 is 1.74. The van der Waals surface area contributed by atoms with Crippen LogP contribution in [0.25, 0.3) is 0 Å². The van der Waals surface area contributed by atoms with E-state index in [9.17, 15) is 0 Å². The molecule has 0 saturated carbocycles. The Balaban J connectivity index is 0.00000169. The van der Waals surface area contributed by atoms with Crippen LogP contribution in [-0.2, 0) is 0 Å². The second-order valence-electron chi connectivity index (χ2n) is 2.90. The van der Waals surface area contributed by atoms with Gasteiger partial charge >= 0.3 is 0 Å². The van der Waals surface area contributed by atoms with E-state index in [1.807, 2.05) is 6.08 Å². The molecule has 0 aromatic heterocycles. The normalized spacial score (nSPS) is 11.6. The molecule has 0 radical (unpaired) electrons. The number of halogens is 1. The molecule has 1 aromatic carbocycles. The summed E-state index contributed by atoms with van der Waals surface area (Å²) in [5.41, 5.74) is 7.10. The van der Waals surface area contributed by atoms with E-state index in [-0.39, 0.29) is 18.4 Å². The summed E-state index contributed by atoms with van der Waals surface area (Å²) in [5, 5.41) is 0. The molecule has 0 bridgehead atoms. The number of thioether (sulfide) groups is 1. The van der Waals surface area contributed by atoms with Crippen molar-refractivity contribution in [1.82, 2.24) is 0 Å². The Kier molecular flexibility index (Phi) is 6.71. The highest BCUT2D eigenvalue weighted by Gasteiger charge is 2.02. The van der Waals surface area contributed by atoms with Crippen molar-refractivity contribution >= 4 is 24.2 Å². The van der Waals surface area contributed by atoms with Crippen molar-refractivity contribution in [3.63, 3.8) is 0 Å². The number of benzene rings is 1. The van der Waals surface area contributed by atoms with Crippen LogP contribution in [0.5, 0.6) is 0 Å². The fraction of sp³-hybridized carbons (Fsp3) is 0.273. The van der Waals surface area contributed by atoms with Crippen molar-refractivity contribution < 1.29 is 0 Å². The van der Waals surface area contributed by atoms with Crippen LogP contribution in [0.2, 0.25) is 0 Å². The summed E-state index contributed by atoms with van der Waals surface area (Å²) in [6.45, 7) is 3.68. The Morgan fingerprint density at radius 3 is 2.43 bits per heavy atom. The van der Waals surface area contributed by atoms with Gasteiger partial charge in [0.2, 0.25) is 0 Å². The average Bonchev–Trinajstić information content (AvgIpc) is 2.18. The first-order valence-electron chi connectivity index (χ1n) is 4.28. The lowest BCUT2D eigenvalue weighted by Gasteiger charge is -2.09. The summed E-state index contributed by atoms with van der Waals surface area (Å²) in [4.78, 5) is 1.27.